The van der Waals surface area contributed by atoms with Crippen LogP contribution in [0.1, 0.15) is 24.0 Å². The minimum Gasteiger partial charge on any atom is -0.385 e. The Hall–Kier alpha value is -1.13. The van der Waals surface area contributed by atoms with E-state index in [0.717, 1.165) is 44.1 Å². The zero-order valence-electron chi connectivity index (χ0n) is 11.7. The van der Waals surface area contributed by atoms with Crippen LogP contribution in [-0.2, 0) is 11.2 Å². The fourth-order valence-electron chi connectivity index (χ4n) is 2.44. The maximum atomic E-state index is 5.51. The lowest BCUT2D eigenvalue weighted by atomic mass is 10.00. The van der Waals surface area contributed by atoms with E-state index in [9.17, 15) is 0 Å². The highest BCUT2D eigenvalue weighted by Crippen LogP contribution is 2.27. The molecule has 0 fully saturated rings. The third kappa shape index (κ3) is 3.67. The average Bonchev–Trinajstić information content (AvgIpc) is 2.42. The SMILES string of the molecule is COCCCNC(=S)N1CCCc2cc(C)ccc21. The van der Waals surface area contributed by atoms with E-state index in [4.69, 9.17) is 17.0 Å². The third-order valence-electron chi connectivity index (χ3n) is 3.40. The number of anilines is 1. The minimum atomic E-state index is 0.769. The smallest absolute Gasteiger partial charge is 0.173 e. The van der Waals surface area contributed by atoms with Crippen molar-refractivity contribution in [2.75, 3.05) is 31.7 Å². The normalized spacial score (nSPS) is 14.1. The first-order chi connectivity index (χ1) is 9.22. The molecule has 1 aromatic carbocycles. The van der Waals surface area contributed by atoms with Gasteiger partial charge in [0.15, 0.2) is 5.11 Å². The van der Waals surface area contributed by atoms with Crippen LogP contribution >= 0.6 is 12.2 Å². The number of rotatable bonds is 4. The van der Waals surface area contributed by atoms with Gasteiger partial charge >= 0.3 is 0 Å². The number of aryl methyl sites for hydroxylation is 2. The highest BCUT2D eigenvalue weighted by molar-refractivity contribution is 7.80. The zero-order valence-corrected chi connectivity index (χ0v) is 12.6. The van der Waals surface area contributed by atoms with Crippen molar-refractivity contribution in [3.63, 3.8) is 0 Å². The van der Waals surface area contributed by atoms with Gasteiger partial charge in [-0.1, -0.05) is 17.7 Å². The molecule has 1 aromatic rings. The fraction of sp³-hybridized carbons (Fsp3) is 0.533. The first-order valence-corrected chi connectivity index (χ1v) is 7.27. The summed E-state index contributed by atoms with van der Waals surface area (Å²) in [5, 5.41) is 4.15. The quantitative estimate of drug-likeness (QED) is 0.676. The first-order valence-electron chi connectivity index (χ1n) is 6.86. The van der Waals surface area contributed by atoms with Crippen LogP contribution in [0, 0.1) is 6.92 Å². The predicted molar refractivity (Wildman–Crippen MR) is 83.9 cm³/mol. The summed E-state index contributed by atoms with van der Waals surface area (Å²) < 4.78 is 5.04. The Labute approximate surface area is 120 Å². The van der Waals surface area contributed by atoms with Gasteiger partial charge in [0.05, 0.1) is 0 Å². The van der Waals surface area contributed by atoms with Gasteiger partial charge in [0.1, 0.15) is 0 Å². The van der Waals surface area contributed by atoms with Gasteiger partial charge in [0, 0.05) is 32.5 Å². The molecule has 19 heavy (non-hydrogen) atoms. The van der Waals surface area contributed by atoms with Crippen LogP contribution in [-0.4, -0.2) is 31.9 Å². The van der Waals surface area contributed by atoms with Crippen molar-refractivity contribution < 1.29 is 4.74 Å². The summed E-state index contributed by atoms with van der Waals surface area (Å²) in [6, 6.07) is 6.62. The summed E-state index contributed by atoms with van der Waals surface area (Å²) >= 11 is 5.51. The molecule has 0 aliphatic carbocycles. The van der Waals surface area contributed by atoms with Crippen molar-refractivity contribution in [1.29, 1.82) is 0 Å². The molecular formula is C15H22N2OS. The number of nitrogens with zero attached hydrogens (tertiary/aromatic N) is 1. The summed E-state index contributed by atoms with van der Waals surface area (Å²) in [6.07, 6.45) is 3.29. The summed E-state index contributed by atoms with van der Waals surface area (Å²) in [5.41, 5.74) is 3.99. The molecule has 0 atom stereocenters. The molecule has 1 heterocycles. The molecule has 0 saturated carbocycles. The Bertz CT molecular complexity index is 448. The highest BCUT2D eigenvalue weighted by Gasteiger charge is 2.19. The Balaban J connectivity index is 2.00. The Morgan fingerprint density at radius 2 is 2.32 bits per heavy atom. The van der Waals surface area contributed by atoms with E-state index in [1.54, 1.807) is 7.11 Å². The summed E-state index contributed by atoms with van der Waals surface area (Å²) in [7, 11) is 1.72. The van der Waals surface area contributed by atoms with Gasteiger partial charge in [0.25, 0.3) is 0 Å². The number of methoxy groups -OCH3 is 1. The lowest BCUT2D eigenvalue weighted by Gasteiger charge is -2.32. The maximum Gasteiger partial charge on any atom is 0.173 e. The molecule has 1 N–H and O–H groups in total. The van der Waals surface area contributed by atoms with Gasteiger partial charge in [-0.3, -0.25) is 0 Å². The van der Waals surface area contributed by atoms with Gasteiger partial charge in [0.2, 0.25) is 0 Å². The molecule has 0 spiro atoms. The van der Waals surface area contributed by atoms with Gasteiger partial charge < -0.3 is 15.0 Å². The fourth-order valence-corrected chi connectivity index (χ4v) is 2.74. The molecule has 0 unspecified atom stereocenters. The maximum absolute atomic E-state index is 5.51. The van der Waals surface area contributed by atoms with E-state index in [0.29, 0.717) is 0 Å². The van der Waals surface area contributed by atoms with E-state index in [-0.39, 0.29) is 0 Å². The van der Waals surface area contributed by atoms with Crippen LogP contribution in [0.4, 0.5) is 5.69 Å². The van der Waals surface area contributed by atoms with Crippen molar-refractivity contribution in [3.8, 4) is 0 Å². The van der Waals surface area contributed by atoms with Gasteiger partial charge in [-0.2, -0.15) is 0 Å². The summed E-state index contributed by atoms with van der Waals surface area (Å²) in [5.74, 6) is 0. The Morgan fingerprint density at radius 1 is 1.47 bits per heavy atom. The molecule has 0 aromatic heterocycles. The summed E-state index contributed by atoms with van der Waals surface area (Å²) in [4.78, 5) is 2.22. The van der Waals surface area contributed by atoms with Crippen molar-refractivity contribution in [3.05, 3.63) is 29.3 Å². The number of hydrogen-bond donors (Lipinski definition) is 1. The largest absolute Gasteiger partial charge is 0.385 e. The predicted octanol–water partition coefficient (Wildman–Crippen LogP) is 2.66. The molecule has 2 rings (SSSR count). The van der Waals surface area contributed by atoms with Crippen molar-refractivity contribution in [2.45, 2.75) is 26.2 Å². The van der Waals surface area contributed by atoms with Crippen LogP contribution in [0.2, 0.25) is 0 Å². The van der Waals surface area contributed by atoms with E-state index >= 15 is 0 Å². The van der Waals surface area contributed by atoms with Crippen molar-refractivity contribution in [1.82, 2.24) is 5.32 Å². The Kier molecular flexibility index (Phi) is 5.16. The average molecular weight is 278 g/mol. The number of ether oxygens (including phenoxy) is 1. The standard InChI is InChI=1S/C15H22N2OS/c1-12-6-7-14-13(11-12)5-3-9-17(14)15(19)16-8-4-10-18-2/h6-7,11H,3-5,8-10H2,1-2H3,(H,16,19). The topological polar surface area (TPSA) is 24.5 Å². The number of hydrogen-bond acceptors (Lipinski definition) is 2. The molecule has 3 nitrogen and oxygen atoms in total. The minimum absolute atomic E-state index is 0.769. The van der Waals surface area contributed by atoms with E-state index < -0.39 is 0 Å². The molecule has 0 saturated heterocycles. The molecule has 1 aliphatic heterocycles. The van der Waals surface area contributed by atoms with Crippen LogP contribution in [0.3, 0.4) is 0 Å². The van der Waals surface area contributed by atoms with Gasteiger partial charge in [-0.15, -0.1) is 0 Å². The van der Waals surface area contributed by atoms with Crippen molar-refractivity contribution in [2.24, 2.45) is 0 Å². The number of thiocarbonyl (C=S) groups is 1. The lowest BCUT2D eigenvalue weighted by molar-refractivity contribution is 0.195. The Morgan fingerprint density at radius 3 is 3.11 bits per heavy atom. The molecule has 0 amide bonds. The van der Waals surface area contributed by atoms with E-state index in [1.165, 1.54) is 16.8 Å². The van der Waals surface area contributed by atoms with E-state index in [1.807, 2.05) is 0 Å². The zero-order chi connectivity index (χ0) is 13.7. The molecule has 0 radical (unpaired) electrons. The van der Waals surface area contributed by atoms with E-state index in [2.05, 4.69) is 35.3 Å². The first kappa shape index (κ1) is 14.3. The third-order valence-corrected chi connectivity index (χ3v) is 3.76. The molecule has 1 aliphatic rings. The number of benzene rings is 1. The second-order valence-electron chi connectivity index (χ2n) is 4.97. The molecule has 104 valence electrons. The molecule has 0 bridgehead atoms. The van der Waals surface area contributed by atoms with Crippen LogP contribution in [0.15, 0.2) is 18.2 Å². The highest BCUT2D eigenvalue weighted by atomic mass is 32.1. The van der Waals surface area contributed by atoms with Crippen molar-refractivity contribution >= 4 is 23.0 Å². The van der Waals surface area contributed by atoms with Crippen LogP contribution < -0.4 is 10.2 Å². The lowest BCUT2D eigenvalue weighted by Crippen LogP contribution is -2.43. The summed E-state index contributed by atoms with van der Waals surface area (Å²) in [6.45, 7) is 4.78. The van der Waals surface area contributed by atoms with Crippen LogP contribution in [0.25, 0.3) is 0 Å². The van der Waals surface area contributed by atoms with Crippen LogP contribution in [0.5, 0.6) is 0 Å². The number of nitrogens with one attached hydrogen (secondary N) is 1. The second-order valence-corrected chi connectivity index (χ2v) is 5.35. The monoisotopic (exact) mass is 278 g/mol. The second kappa shape index (κ2) is 6.87. The van der Waals surface area contributed by atoms with Gasteiger partial charge in [-0.25, -0.2) is 0 Å². The number of fused-ring (bicyclic) bond motifs is 1. The molecular weight excluding hydrogens is 256 g/mol. The molecule has 4 heteroatoms. The van der Waals surface area contributed by atoms with Gasteiger partial charge in [-0.05, 0) is 50.0 Å².